The highest BCUT2D eigenvalue weighted by Crippen LogP contribution is 2.23. The Morgan fingerprint density at radius 1 is 1.29 bits per heavy atom. The number of hydrogen-bond donors (Lipinski definition) is 1. The number of carbonyl (C=O) groups excluding carboxylic acids is 1. The van der Waals surface area contributed by atoms with Crippen LogP contribution in [0.5, 0.6) is 0 Å². The first kappa shape index (κ1) is 18.2. The molecule has 0 aliphatic rings. The third kappa shape index (κ3) is 7.11. The summed E-state index contributed by atoms with van der Waals surface area (Å²) >= 11 is 1.29. The molecule has 0 spiro atoms. The fraction of sp³-hybridized carbons (Fsp3) is 0.588. The molecular formula is C17H26O3S. The van der Waals surface area contributed by atoms with E-state index in [1.54, 1.807) is 0 Å². The van der Waals surface area contributed by atoms with Gasteiger partial charge in [0.1, 0.15) is 0 Å². The van der Waals surface area contributed by atoms with E-state index in [0.717, 1.165) is 11.3 Å². The van der Waals surface area contributed by atoms with Gasteiger partial charge in [-0.25, -0.2) is 0 Å². The van der Waals surface area contributed by atoms with Crippen molar-refractivity contribution in [2.45, 2.75) is 39.9 Å². The van der Waals surface area contributed by atoms with E-state index in [4.69, 9.17) is 4.74 Å². The van der Waals surface area contributed by atoms with Crippen molar-refractivity contribution in [1.82, 2.24) is 0 Å². The minimum absolute atomic E-state index is 0.0713. The summed E-state index contributed by atoms with van der Waals surface area (Å²) in [6.07, 6.45) is -0.0375. The molecule has 1 rings (SSSR count). The summed E-state index contributed by atoms with van der Waals surface area (Å²) in [5.41, 5.74) is 1.07. The van der Waals surface area contributed by atoms with Crippen molar-refractivity contribution in [1.29, 1.82) is 0 Å². The fourth-order valence-electron chi connectivity index (χ4n) is 2.16. The number of thioether (sulfide) groups is 1. The molecule has 0 aromatic heterocycles. The third-order valence-electron chi connectivity index (χ3n) is 3.18. The molecule has 0 heterocycles. The largest absolute Gasteiger partial charge is 0.390 e. The van der Waals surface area contributed by atoms with Crippen LogP contribution in [0.4, 0.5) is 0 Å². The van der Waals surface area contributed by atoms with Crippen LogP contribution < -0.4 is 0 Å². The topological polar surface area (TPSA) is 46.5 Å². The zero-order valence-corrected chi connectivity index (χ0v) is 13.9. The zero-order chi connectivity index (χ0) is 15.7. The van der Waals surface area contributed by atoms with Gasteiger partial charge in [-0.1, -0.05) is 62.9 Å². The van der Waals surface area contributed by atoms with Crippen LogP contribution in [0.25, 0.3) is 0 Å². The molecule has 2 atom stereocenters. The second-order valence-electron chi connectivity index (χ2n) is 5.56. The molecule has 0 saturated carbocycles. The zero-order valence-electron chi connectivity index (χ0n) is 13.1. The van der Waals surface area contributed by atoms with Gasteiger partial charge in [0.2, 0.25) is 0 Å². The average molecular weight is 310 g/mol. The summed E-state index contributed by atoms with van der Waals surface area (Å²) in [7, 11) is 0. The lowest BCUT2D eigenvalue weighted by atomic mass is 9.93. The Hall–Kier alpha value is -0.840. The first-order valence-corrected chi connectivity index (χ1v) is 8.49. The maximum Gasteiger partial charge on any atom is 0.194 e. The predicted molar refractivity (Wildman–Crippen MR) is 88.2 cm³/mol. The van der Waals surface area contributed by atoms with Crippen LogP contribution in [0.15, 0.2) is 30.3 Å². The van der Waals surface area contributed by atoms with E-state index < -0.39 is 6.10 Å². The number of hydrogen-bond acceptors (Lipinski definition) is 4. The molecule has 1 aromatic carbocycles. The number of rotatable bonds is 9. The van der Waals surface area contributed by atoms with Gasteiger partial charge in [0, 0.05) is 0 Å². The molecule has 1 N–H and O–H groups in total. The van der Waals surface area contributed by atoms with Gasteiger partial charge in [0.05, 0.1) is 25.2 Å². The fourth-order valence-corrected chi connectivity index (χ4v) is 2.91. The lowest BCUT2D eigenvalue weighted by molar-refractivity contribution is -0.120. The molecular weight excluding hydrogens is 284 g/mol. The molecule has 0 aliphatic carbocycles. The third-order valence-corrected chi connectivity index (χ3v) is 4.06. The van der Waals surface area contributed by atoms with Gasteiger partial charge in [-0.15, -0.1) is 0 Å². The molecule has 3 nitrogen and oxygen atoms in total. The molecule has 21 heavy (non-hydrogen) atoms. The van der Waals surface area contributed by atoms with Gasteiger partial charge in [0.25, 0.3) is 0 Å². The Balaban J connectivity index is 2.47. The van der Waals surface area contributed by atoms with Gasteiger partial charge >= 0.3 is 0 Å². The van der Waals surface area contributed by atoms with Gasteiger partial charge in [-0.2, -0.15) is 0 Å². The van der Waals surface area contributed by atoms with E-state index in [1.807, 2.05) is 37.3 Å². The van der Waals surface area contributed by atoms with Crippen LogP contribution in [0.3, 0.4) is 0 Å². The molecule has 4 heteroatoms. The van der Waals surface area contributed by atoms with Crippen LogP contribution >= 0.6 is 11.8 Å². The maximum absolute atomic E-state index is 12.1. The van der Waals surface area contributed by atoms with Crippen LogP contribution in [0.1, 0.15) is 32.8 Å². The second-order valence-corrected chi connectivity index (χ2v) is 6.82. The highest BCUT2D eigenvalue weighted by molar-refractivity contribution is 8.13. The molecule has 0 saturated heterocycles. The summed E-state index contributed by atoms with van der Waals surface area (Å²) in [4.78, 5) is 12.1. The van der Waals surface area contributed by atoms with Crippen molar-refractivity contribution in [3.63, 3.8) is 0 Å². The van der Waals surface area contributed by atoms with Gasteiger partial charge in [-0.05, 0) is 23.7 Å². The van der Waals surface area contributed by atoms with Crippen molar-refractivity contribution in [3.8, 4) is 0 Å². The summed E-state index contributed by atoms with van der Waals surface area (Å²) in [5, 5.41) is 10.3. The Labute approximate surface area is 132 Å². The van der Waals surface area contributed by atoms with Crippen molar-refractivity contribution >= 4 is 16.9 Å². The minimum atomic E-state index is -0.734. The normalized spacial score (nSPS) is 14.1. The average Bonchev–Trinajstić information content (AvgIpc) is 2.45. The van der Waals surface area contributed by atoms with Crippen LogP contribution in [0, 0.1) is 11.8 Å². The Morgan fingerprint density at radius 2 is 1.95 bits per heavy atom. The van der Waals surface area contributed by atoms with Crippen molar-refractivity contribution in [2.75, 3.05) is 12.4 Å². The molecule has 1 aromatic rings. The first-order chi connectivity index (χ1) is 10.0. The molecule has 0 unspecified atom stereocenters. The second kappa shape index (κ2) is 9.98. The Kier molecular flexibility index (Phi) is 8.66. The van der Waals surface area contributed by atoms with E-state index in [2.05, 4.69) is 13.8 Å². The van der Waals surface area contributed by atoms with Gasteiger partial charge < -0.3 is 9.84 Å². The molecule has 0 fully saturated rings. The van der Waals surface area contributed by atoms with Gasteiger partial charge in [0.15, 0.2) is 5.12 Å². The van der Waals surface area contributed by atoms with E-state index in [-0.39, 0.29) is 17.6 Å². The van der Waals surface area contributed by atoms with Crippen LogP contribution in [0.2, 0.25) is 0 Å². The highest BCUT2D eigenvalue weighted by atomic mass is 32.2. The quantitative estimate of drug-likeness (QED) is 0.758. The molecule has 0 radical (unpaired) electrons. The summed E-state index contributed by atoms with van der Waals surface area (Å²) in [5.74, 6) is 0.774. The molecule has 0 aliphatic heterocycles. The standard InChI is InChI=1S/C17H26O3S/c1-4-21-17(19)15(10-13(2)3)16(18)12-20-11-14-8-6-5-7-9-14/h5-9,13,15-16,18H,4,10-12H2,1-3H3/t15-,16+/m1/s1. The Morgan fingerprint density at radius 3 is 2.52 bits per heavy atom. The maximum atomic E-state index is 12.1. The number of aliphatic hydroxyl groups excluding tert-OH is 1. The van der Waals surface area contributed by atoms with E-state index >= 15 is 0 Å². The minimum Gasteiger partial charge on any atom is -0.390 e. The van der Waals surface area contributed by atoms with Crippen molar-refractivity contribution in [3.05, 3.63) is 35.9 Å². The number of ether oxygens (including phenoxy) is 1. The summed E-state index contributed by atoms with van der Waals surface area (Å²) < 4.78 is 5.56. The van der Waals surface area contributed by atoms with Crippen LogP contribution in [-0.4, -0.2) is 28.7 Å². The smallest absolute Gasteiger partial charge is 0.194 e. The van der Waals surface area contributed by atoms with Crippen molar-refractivity contribution in [2.24, 2.45) is 11.8 Å². The van der Waals surface area contributed by atoms with Gasteiger partial charge in [-0.3, -0.25) is 4.79 Å². The first-order valence-electron chi connectivity index (χ1n) is 7.51. The summed E-state index contributed by atoms with van der Waals surface area (Å²) in [6, 6.07) is 9.83. The Bertz CT molecular complexity index is 406. The summed E-state index contributed by atoms with van der Waals surface area (Å²) in [6.45, 7) is 6.74. The number of benzene rings is 1. The SMILES string of the molecule is CCSC(=O)[C@H](CC(C)C)[C@@H](O)COCc1ccccc1. The molecule has 0 amide bonds. The van der Waals surface area contributed by atoms with Crippen LogP contribution in [-0.2, 0) is 16.1 Å². The predicted octanol–water partition coefficient (Wildman–Crippen LogP) is 3.51. The number of aliphatic hydroxyl groups is 1. The van der Waals surface area contributed by atoms with E-state index in [0.29, 0.717) is 18.9 Å². The lowest BCUT2D eigenvalue weighted by Crippen LogP contribution is -2.32. The highest BCUT2D eigenvalue weighted by Gasteiger charge is 2.27. The number of carbonyl (C=O) groups is 1. The van der Waals surface area contributed by atoms with E-state index in [1.165, 1.54) is 11.8 Å². The lowest BCUT2D eigenvalue weighted by Gasteiger charge is -2.23. The molecule has 118 valence electrons. The molecule has 0 bridgehead atoms. The monoisotopic (exact) mass is 310 g/mol. The van der Waals surface area contributed by atoms with Crippen molar-refractivity contribution < 1.29 is 14.6 Å². The van der Waals surface area contributed by atoms with E-state index in [9.17, 15) is 9.90 Å².